The fourth-order valence-electron chi connectivity index (χ4n) is 1.18. The number of aromatic nitrogens is 1. The molecule has 2 heteroatoms. The first kappa shape index (κ1) is 9.93. The maximum absolute atomic E-state index is 4.23. The monoisotopic (exact) mass is 176 g/mol. The van der Waals surface area contributed by atoms with Crippen molar-refractivity contribution in [2.24, 2.45) is 0 Å². The van der Waals surface area contributed by atoms with Gasteiger partial charge in [0.25, 0.3) is 0 Å². The minimum absolute atomic E-state index is 0.924. The molecule has 0 aromatic carbocycles. The van der Waals surface area contributed by atoms with E-state index in [1.165, 1.54) is 11.1 Å². The predicted octanol–water partition coefficient (Wildman–Crippen LogP) is 2.01. The van der Waals surface area contributed by atoms with E-state index in [2.05, 4.69) is 29.4 Å². The average molecular weight is 176 g/mol. The summed E-state index contributed by atoms with van der Waals surface area (Å²) < 4.78 is 0. The van der Waals surface area contributed by atoms with Gasteiger partial charge in [-0.05, 0) is 32.5 Å². The van der Waals surface area contributed by atoms with Gasteiger partial charge >= 0.3 is 0 Å². The van der Waals surface area contributed by atoms with Crippen molar-refractivity contribution in [3.05, 3.63) is 35.2 Å². The highest BCUT2D eigenvalue weighted by Crippen LogP contribution is 2.05. The summed E-state index contributed by atoms with van der Waals surface area (Å²) in [5.74, 6) is 0. The summed E-state index contributed by atoms with van der Waals surface area (Å²) in [4.78, 5) is 4.23. The Morgan fingerprint density at radius 1 is 1.54 bits per heavy atom. The fraction of sp³-hybridized carbons (Fsp3) is 0.364. The molecule has 0 aliphatic rings. The molecule has 2 nitrogen and oxygen atoms in total. The smallest absolute Gasteiger partial charge is 0.0373 e. The number of nitrogens with one attached hydrogen (secondary N) is 1. The minimum Gasteiger partial charge on any atom is -0.316 e. The lowest BCUT2D eigenvalue weighted by Gasteiger charge is -1.99. The number of nitrogens with zero attached hydrogens (tertiary/aromatic N) is 1. The molecule has 0 unspecified atom stereocenters. The Hall–Kier alpha value is -1.15. The van der Waals surface area contributed by atoms with Crippen molar-refractivity contribution in [3.8, 4) is 0 Å². The highest BCUT2D eigenvalue weighted by Gasteiger charge is 1.90. The second-order valence-corrected chi connectivity index (χ2v) is 3.25. The van der Waals surface area contributed by atoms with E-state index in [4.69, 9.17) is 0 Å². The van der Waals surface area contributed by atoms with Crippen LogP contribution in [0.25, 0.3) is 6.08 Å². The number of rotatable bonds is 3. The second-order valence-electron chi connectivity index (χ2n) is 3.25. The van der Waals surface area contributed by atoms with Crippen molar-refractivity contribution in [3.63, 3.8) is 0 Å². The molecule has 0 radical (unpaired) electrons. The first-order valence-electron chi connectivity index (χ1n) is 4.47. The summed E-state index contributed by atoms with van der Waals surface area (Å²) in [6.45, 7) is 5.03. The Labute approximate surface area is 79.7 Å². The Bertz CT molecular complexity index is 285. The topological polar surface area (TPSA) is 24.9 Å². The van der Waals surface area contributed by atoms with Gasteiger partial charge in [0, 0.05) is 18.4 Å². The lowest BCUT2D eigenvalue weighted by atomic mass is 10.2. The van der Waals surface area contributed by atoms with Crippen molar-refractivity contribution in [1.29, 1.82) is 0 Å². The molecule has 0 aliphatic heterocycles. The van der Waals surface area contributed by atoms with Gasteiger partial charge in [-0.2, -0.15) is 0 Å². The zero-order valence-electron chi connectivity index (χ0n) is 8.46. The summed E-state index contributed by atoms with van der Waals surface area (Å²) >= 11 is 0. The molecule has 1 rings (SSSR count). The summed E-state index contributed by atoms with van der Waals surface area (Å²) in [5.41, 5.74) is 3.54. The number of hydrogen-bond donors (Lipinski definition) is 1. The highest BCUT2D eigenvalue weighted by atomic mass is 14.8. The standard InChI is InChI=1S/C11H16N2/c1-9(7-12-3)6-11-5-4-10(2)13-8-11/h4-6,8,12H,7H2,1-3H3/b9-6+. The van der Waals surface area contributed by atoms with Crippen molar-refractivity contribution < 1.29 is 0 Å². The van der Waals surface area contributed by atoms with Crippen LogP contribution in [-0.4, -0.2) is 18.6 Å². The zero-order chi connectivity index (χ0) is 9.68. The van der Waals surface area contributed by atoms with Crippen LogP contribution in [0.2, 0.25) is 0 Å². The molecule has 0 saturated carbocycles. The van der Waals surface area contributed by atoms with Crippen LogP contribution in [0.1, 0.15) is 18.2 Å². The third kappa shape index (κ3) is 3.38. The molecule has 1 aromatic heterocycles. The van der Waals surface area contributed by atoms with Gasteiger partial charge in [0.1, 0.15) is 0 Å². The number of pyridine rings is 1. The maximum atomic E-state index is 4.23. The van der Waals surface area contributed by atoms with Gasteiger partial charge in [-0.25, -0.2) is 0 Å². The van der Waals surface area contributed by atoms with Crippen LogP contribution in [-0.2, 0) is 0 Å². The molecular formula is C11H16N2. The Balaban J connectivity index is 2.73. The maximum Gasteiger partial charge on any atom is 0.0373 e. The largest absolute Gasteiger partial charge is 0.316 e. The Morgan fingerprint density at radius 2 is 2.31 bits per heavy atom. The number of aryl methyl sites for hydroxylation is 1. The van der Waals surface area contributed by atoms with Crippen LogP contribution in [0.3, 0.4) is 0 Å². The predicted molar refractivity (Wildman–Crippen MR) is 56.6 cm³/mol. The molecule has 0 fully saturated rings. The highest BCUT2D eigenvalue weighted by molar-refractivity contribution is 5.51. The quantitative estimate of drug-likeness (QED) is 0.762. The molecule has 0 spiro atoms. The SMILES string of the molecule is CNC/C(C)=C/c1ccc(C)nc1. The van der Waals surface area contributed by atoms with Crippen LogP contribution in [0.4, 0.5) is 0 Å². The van der Waals surface area contributed by atoms with E-state index in [1.54, 1.807) is 0 Å². The molecule has 0 aliphatic carbocycles. The van der Waals surface area contributed by atoms with Crippen molar-refractivity contribution in [2.45, 2.75) is 13.8 Å². The number of hydrogen-bond acceptors (Lipinski definition) is 2. The minimum atomic E-state index is 0.924. The van der Waals surface area contributed by atoms with E-state index >= 15 is 0 Å². The van der Waals surface area contributed by atoms with Crippen molar-refractivity contribution >= 4 is 6.08 Å². The molecule has 1 heterocycles. The summed E-state index contributed by atoms with van der Waals surface area (Å²) in [6.07, 6.45) is 4.04. The first-order valence-corrected chi connectivity index (χ1v) is 4.47. The van der Waals surface area contributed by atoms with Gasteiger partial charge in [0.15, 0.2) is 0 Å². The first-order chi connectivity index (χ1) is 6.22. The molecule has 0 atom stereocenters. The van der Waals surface area contributed by atoms with Crippen LogP contribution >= 0.6 is 0 Å². The Kier molecular flexibility index (Phi) is 3.65. The molecule has 1 N–H and O–H groups in total. The molecule has 0 saturated heterocycles. The summed E-state index contributed by atoms with van der Waals surface area (Å²) in [6, 6.07) is 4.11. The van der Waals surface area contributed by atoms with E-state index < -0.39 is 0 Å². The van der Waals surface area contributed by atoms with Gasteiger partial charge < -0.3 is 5.32 Å². The van der Waals surface area contributed by atoms with E-state index in [-0.39, 0.29) is 0 Å². The summed E-state index contributed by atoms with van der Waals surface area (Å²) in [5, 5.41) is 3.11. The van der Waals surface area contributed by atoms with E-state index in [9.17, 15) is 0 Å². The molecule has 13 heavy (non-hydrogen) atoms. The lowest BCUT2D eigenvalue weighted by molar-refractivity contribution is 0.884. The molecule has 0 bridgehead atoms. The van der Waals surface area contributed by atoms with Gasteiger partial charge in [0.2, 0.25) is 0 Å². The third-order valence-electron chi connectivity index (χ3n) is 1.80. The van der Waals surface area contributed by atoms with Gasteiger partial charge in [0.05, 0.1) is 0 Å². The van der Waals surface area contributed by atoms with Crippen LogP contribution in [0, 0.1) is 6.92 Å². The van der Waals surface area contributed by atoms with Crippen LogP contribution in [0.5, 0.6) is 0 Å². The average Bonchev–Trinajstić information content (AvgIpc) is 2.09. The molecule has 70 valence electrons. The fourth-order valence-corrected chi connectivity index (χ4v) is 1.18. The van der Waals surface area contributed by atoms with Crippen molar-refractivity contribution in [1.82, 2.24) is 10.3 Å². The lowest BCUT2D eigenvalue weighted by Crippen LogP contribution is -2.08. The van der Waals surface area contributed by atoms with Crippen LogP contribution in [0.15, 0.2) is 23.9 Å². The summed E-state index contributed by atoms with van der Waals surface area (Å²) in [7, 11) is 1.95. The zero-order valence-corrected chi connectivity index (χ0v) is 8.46. The van der Waals surface area contributed by atoms with Gasteiger partial charge in [-0.3, -0.25) is 4.98 Å². The molecule has 0 amide bonds. The van der Waals surface area contributed by atoms with Crippen LogP contribution < -0.4 is 5.32 Å². The molecular weight excluding hydrogens is 160 g/mol. The molecule has 1 aromatic rings. The normalized spacial score (nSPS) is 11.8. The number of likely N-dealkylation sites (N-methyl/N-ethyl adjacent to an activating group) is 1. The van der Waals surface area contributed by atoms with E-state index in [1.807, 2.05) is 26.2 Å². The van der Waals surface area contributed by atoms with E-state index in [0.717, 1.165) is 12.2 Å². The third-order valence-corrected chi connectivity index (χ3v) is 1.80. The van der Waals surface area contributed by atoms with E-state index in [0.29, 0.717) is 0 Å². The second kappa shape index (κ2) is 4.77. The van der Waals surface area contributed by atoms with Gasteiger partial charge in [-0.1, -0.05) is 17.7 Å². The van der Waals surface area contributed by atoms with Crippen molar-refractivity contribution in [2.75, 3.05) is 13.6 Å². The van der Waals surface area contributed by atoms with Gasteiger partial charge in [-0.15, -0.1) is 0 Å². The Morgan fingerprint density at radius 3 is 2.85 bits per heavy atom.